The van der Waals surface area contributed by atoms with Gasteiger partial charge in [0.25, 0.3) is 0 Å². The third-order valence-corrected chi connectivity index (χ3v) is 4.71. The van der Waals surface area contributed by atoms with Crippen molar-refractivity contribution in [2.24, 2.45) is 5.92 Å². The number of hydrogen-bond donors (Lipinski definition) is 1. The molecule has 5 nitrogen and oxygen atoms in total. The number of nitrogens with zero attached hydrogens (tertiary/aromatic N) is 1. The third kappa shape index (κ3) is 6.40. The van der Waals surface area contributed by atoms with Gasteiger partial charge in [-0.1, -0.05) is 19.3 Å². The van der Waals surface area contributed by atoms with Gasteiger partial charge in [-0.2, -0.15) is 0 Å². The van der Waals surface area contributed by atoms with Crippen molar-refractivity contribution in [3.63, 3.8) is 0 Å². The predicted octanol–water partition coefficient (Wildman–Crippen LogP) is 3.47. The first kappa shape index (κ1) is 18.1. The number of amides is 2. The molecule has 2 fully saturated rings. The summed E-state index contributed by atoms with van der Waals surface area (Å²) < 4.78 is 5.40. The second kappa shape index (κ2) is 8.02. The highest BCUT2D eigenvalue weighted by molar-refractivity contribution is 5.76. The molecule has 0 atom stereocenters. The number of hydrogen-bond acceptors (Lipinski definition) is 3. The van der Waals surface area contributed by atoms with E-state index in [1.54, 1.807) is 4.90 Å². The van der Waals surface area contributed by atoms with Crippen LogP contribution in [0.5, 0.6) is 0 Å². The number of carbonyl (C=O) groups is 2. The molecular formula is C18H32N2O3. The van der Waals surface area contributed by atoms with Gasteiger partial charge >= 0.3 is 6.09 Å². The summed E-state index contributed by atoms with van der Waals surface area (Å²) in [5.41, 5.74) is -0.451. The number of rotatable bonds is 3. The van der Waals surface area contributed by atoms with Gasteiger partial charge in [0.15, 0.2) is 0 Å². The van der Waals surface area contributed by atoms with Crippen molar-refractivity contribution in [2.45, 2.75) is 83.8 Å². The summed E-state index contributed by atoms with van der Waals surface area (Å²) in [6.45, 7) is 7.03. The number of nitrogens with one attached hydrogen (secondary N) is 1. The summed E-state index contributed by atoms with van der Waals surface area (Å²) in [7, 11) is 0. The van der Waals surface area contributed by atoms with E-state index in [9.17, 15) is 9.59 Å². The summed E-state index contributed by atoms with van der Waals surface area (Å²) in [5.74, 6) is 0.574. The van der Waals surface area contributed by atoms with E-state index in [2.05, 4.69) is 5.32 Å². The van der Waals surface area contributed by atoms with Crippen LogP contribution in [0, 0.1) is 5.92 Å². The Bertz CT molecular complexity index is 403. The molecule has 0 bridgehead atoms. The first-order valence-electron chi connectivity index (χ1n) is 9.11. The molecule has 132 valence electrons. The molecular weight excluding hydrogens is 292 g/mol. The zero-order valence-electron chi connectivity index (χ0n) is 14.9. The fourth-order valence-electron chi connectivity index (χ4n) is 3.44. The monoisotopic (exact) mass is 324 g/mol. The van der Waals surface area contributed by atoms with Crippen molar-refractivity contribution in [1.29, 1.82) is 0 Å². The van der Waals surface area contributed by atoms with E-state index in [0.717, 1.165) is 25.7 Å². The van der Waals surface area contributed by atoms with Crippen LogP contribution in [0.25, 0.3) is 0 Å². The Morgan fingerprint density at radius 1 is 1.04 bits per heavy atom. The van der Waals surface area contributed by atoms with Crippen LogP contribution in [0.3, 0.4) is 0 Å². The van der Waals surface area contributed by atoms with Gasteiger partial charge < -0.3 is 15.0 Å². The van der Waals surface area contributed by atoms with Gasteiger partial charge in [-0.25, -0.2) is 4.79 Å². The van der Waals surface area contributed by atoms with Crippen LogP contribution in [-0.2, 0) is 9.53 Å². The van der Waals surface area contributed by atoms with Crippen LogP contribution in [0.1, 0.15) is 72.1 Å². The second-order valence-electron chi connectivity index (χ2n) is 8.02. The van der Waals surface area contributed by atoms with E-state index in [1.165, 1.54) is 19.3 Å². The van der Waals surface area contributed by atoms with E-state index < -0.39 is 5.60 Å². The molecule has 1 aliphatic heterocycles. The van der Waals surface area contributed by atoms with Crippen LogP contribution in [-0.4, -0.2) is 41.6 Å². The zero-order valence-corrected chi connectivity index (χ0v) is 14.9. The molecule has 23 heavy (non-hydrogen) atoms. The van der Waals surface area contributed by atoms with E-state index >= 15 is 0 Å². The minimum atomic E-state index is -0.451. The summed E-state index contributed by atoms with van der Waals surface area (Å²) in [6, 6.07) is 0.387. The Hall–Kier alpha value is -1.26. The van der Waals surface area contributed by atoms with Gasteiger partial charge in [0, 0.05) is 25.6 Å². The molecule has 0 radical (unpaired) electrons. The lowest BCUT2D eigenvalue weighted by atomic mass is 9.92. The van der Waals surface area contributed by atoms with E-state index in [0.29, 0.717) is 31.5 Å². The molecule has 0 spiro atoms. The largest absolute Gasteiger partial charge is 0.444 e. The minimum Gasteiger partial charge on any atom is -0.444 e. The molecule has 1 N–H and O–H groups in total. The van der Waals surface area contributed by atoms with Crippen LogP contribution >= 0.6 is 0 Å². The standard InChI is InChI=1S/C18H32N2O3/c1-18(2,3)23-17(22)20-11-9-14(10-12-20)13-16(21)19-15-7-5-4-6-8-15/h14-15H,4-13H2,1-3H3,(H,19,21). The average Bonchev–Trinajstić information content (AvgIpc) is 2.47. The first-order chi connectivity index (χ1) is 10.8. The maximum Gasteiger partial charge on any atom is 0.410 e. The fraction of sp³-hybridized carbons (Fsp3) is 0.889. The molecule has 0 aromatic heterocycles. The maximum atomic E-state index is 12.2. The molecule has 2 rings (SSSR count). The van der Waals surface area contributed by atoms with Crippen molar-refractivity contribution in [3.05, 3.63) is 0 Å². The lowest BCUT2D eigenvalue weighted by Gasteiger charge is -2.33. The Labute approximate surface area is 140 Å². The number of likely N-dealkylation sites (tertiary alicyclic amines) is 1. The molecule has 0 aromatic carbocycles. The minimum absolute atomic E-state index is 0.188. The quantitative estimate of drug-likeness (QED) is 0.865. The van der Waals surface area contributed by atoms with Gasteiger partial charge in [-0.15, -0.1) is 0 Å². The van der Waals surface area contributed by atoms with Crippen molar-refractivity contribution < 1.29 is 14.3 Å². The van der Waals surface area contributed by atoms with E-state index in [-0.39, 0.29) is 12.0 Å². The van der Waals surface area contributed by atoms with Crippen LogP contribution in [0.2, 0.25) is 0 Å². The SMILES string of the molecule is CC(C)(C)OC(=O)N1CCC(CC(=O)NC2CCCCC2)CC1. The highest BCUT2D eigenvalue weighted by Crippen LogP contribution is 2.23. The zero-order chi connectivity index (χ0) is 16.9. The Kier molecular flexibility index (Phi) is 6.31. The highest BCUT2D eigenvalue weighted by Gasteiger charge is 2.28. The summed E-state index contributed by atoms with van der Waals surface area (Å²) in [5, 5.41) is 3.19. The van der Waals surface area contributed by atoms with Gasteiger partial charge in [0.1, 0.15) is 5.60 Å². The van der Waals surface area contributed by atoms with Crippen LogP contribution in [0.15, 0.2) is 0 Å². The number of piperidine rings is 1. The molecule has 2 aliphatic rings. The molecule has 0 unspecified atom stereocenters. The second-order valence-corrected chi connectivity index (χ2v) is 8.02. The highest BCUT2D eigenvalue weighted by atomic mass is 16.6. The Morgan fingerprint density at radius 3 is 2.22 bits per heavy atom. The molecule has 0 aromatic rings. The normalized spacial score (nSPS) is 21.1. The lowest BCUT2D eigenvalue weighted by molar-refractivity contribution is -0.123. The van der Waals surface area contributed by atoms with Crippen LogP contribution in [0.4, 0.5) is 4.79 Å². The molecule has 1 heterocycles. The third-order valence-electron chi connectivity index (χ3n) is 4.71. The summed E-state index contributed by atoms with van der Waals surface area (Å²) in [6.07, 6.45) is 8.16. The van der Waals surface area contributed by atoms with E-state index in [1.807, 2.05) is 20.8 Å². The molecule has 1 saturated heterocycles. The maximum absolute atomic E-state index is 12.2. The first-order valence-corrected chi connectivity index (χ1v) is 9.11. The number of carbonyl (C=O) groups excluding carboxylic acids is 2. The molecule has 2 amide bonds. The number of ether oxygens (including phenoxy) is 1. The summed E-state index contributed by atoms with van der Waals surface area (Å²) in [4.78, 5) is 26.0. The summed E-state index contributed by atoms with van der Waals surface area (Å²) >= 11 is 0. The molecule has 5 heteroatoms. The van der Waals surface area contributed by atoms with Gasteiger partial charge in [0.05, 0.1) is 0 Å². The predicted molar refractivity (Wildman–Crippen MR) is 90.2 cm³/mol. The Balaban J connectivity index is 1.67. The van der Waals surface area contributed by atoms with Crippen molar-refractivity contribution in [2.75, 3.05) is 13.1 Å². The smallest absolute Gasteiger partial charge is 0.410 e. The Morgan fingerprint density at radius 2 is 1.65 bits per heavy atom. The van der Waals surface area contributed by atoms with Crippen LogP contribution < -0.4 is 5.32 Å². The van der Waals surface area contributed by atoms with Gasteiger partial charge in [-0.05, 0) is 52.4 Å². The fourth-order valence-corrected chi connectivity index (χ4v) is 3.44. The van der Waals surface area contributed by atoms with Gasteiger partial charge in [-0.3, -0.25) is 4.79 Å². The molecule has 1 aliphatic carbocycles. The molecule has 1 saturated carbocycles. The topological polar surface area (TPSA) is 58.6 Å². The lowest BCUT2D eigenvalue weighted by Crippen LogP contribution is -2.43. The van der Waals surface area contributed by atoms with Crippen molar-refractivity contribution >= 4 is 12.0 Å². The average molecular weight is 324 g/mol. The van der Waals surface area contributed by atoms with Gasteiger partial charge in [0.2, 0.25) is 5.91 Å². The van der Waals surface area contributed by atoms with Crippen molar-refractivity contribution in [1.82, 2.24) is 10.2 Å². The van der Waals surface area contributed by atoms with E-state index in [4.69, 9.17) is 4.74 Å². The van der Waals surface area contributed by atoms with Crippen molar-refractivity contribution in [3.8, 4) is 0 Å².